The first-order valence-electron chi connectivity index (χ1n) is 6.94. The fourth-order valence-corrected chi connectivity index (χ4v) is 2.66. The summed E-state index contributed by atoms with van der Waals surface area (Å²) in [6, 6.07) is 3.12. The molecular weight excluding hydrogens is 327 g/mol. The van der Waals surface area contributed by atoms with Crippen LogP contribution in [-0.4, -0.2) is 46.4 Å². The molecule has 0 saturated carbocycles. The van der Waals surface area contributed by atoms with Gasteiger partial charge in [-0.05, 0) is 25.0 Å². The molecule has 22 heavy (non-hydrogen) atoms. The molecule has 1 aromatic carbocycles. The summed E-state index contributed by atoms with van der Waals surface area (Å²) in [5.74, 6) is -0.965. The molecule has 1 aromatic rings. The molecule has 5 nitrogen and oxygen atoms in total. The number of phenols is 3. The molecule has 0 amide bonds. The van der Waals surface area contributed by atoms with E-state index in [9.17, 15) is 15.3 Å². The van der Waals surface area contributed by atoms with Crippen molar-refractivity contribution in [3.63, 3.8) is 0 Å². The van der Waals surface area contributed by atoms with E-state index in [1.807, 2.05) is 6.08 Å². The Labute approximate surface area is 143 Å². The predicted molar refractivity (Wildman–Crippen MR) is 92.5 cm³/mol. The number of allylic oxidation sites excluding steroid dienone is 1. The molecule has 1 aliphatic rings. The van der Waals surface area contributed by atoms with Crippen molar-refractivity contribution in [1.29, 1.82) is 0 Å². The second-order valence-electron chi connectivity index (χ2n) is 5.04. The lowest BCUT2D eigenvalue weighted by molar-refractivity contribution is 0.163. The van der Waals surface area contributed by atoms with Gasteiger partial charge in [-0.25, -0.2) is 0 Å². The second kappa shape index (κ2) is 9.79. The molecule has 1 atom stereocenters. The molecule has 0 spiro atoms. The highest BCUT2D eigenvalue weighted by atomic mass is 35.5. The van der Waals surface area contributed by atoms with Gasteiger partial charge in [0.15, 0.2) is 11.5 Å². The summed E-state index contributed by atoms with van der Waals surface area (Å²) in [6.45, 7) is 7.35. The fourth-order valence-electron chi connectivity index (χ4n) is 2.66. The Morgan fingerprint density at radius 3 is 2.36 bits per heavy atom. The van der Waals surface area contributed by atoms with E-state index in [-0.39, 0.29) is 42.4 Å². The lowest BCUT2D eigenvalue weighted by atomic mass is 9.98. The normalized spacial score (nSPS) is 16.2. The van der Waals surface area contributed by atoms with Crippen molar-refractivity contribution in [2.75, 3.05) is 26.2 Å². The van der Waals surface area contributed by atoms with E-state index in [0.717, 1.165) is 39.0 Å². The van der Waals surface area contributed by atoms with Gasteiger partial charge in [0.25, 0.3) is 0 Å². The molecular formula is C15H24Cl2N2O3. The van der Waals surface area contributed by atoms with Gasteiger partial charge in [0, 0.05) is 37.8 Å². The van der Waals surface area contributed by atoms with Gasteiger partial charge in [0.05, 0.1) is 0 Å². The average Bonchev–Trinajstić information content (AvgIpc) is 2.48. The molecule has 4 N–H and O–H groups in total. The Kier molecular flexibility index (Phi) is 9.28. The van der Waals surface area contributed by atoms with E-state index in [2.05, 4.69) is 16.8 Å². The smallest absolute Gasteiger partial charge is 0.200 e. The van der Waals surface area contributed by atoms with Crippen LogP contribution in [0.4, 0.5) is 0 Å². The van der Waals surface area contributed by atoms with Gasteiger partial charge < -0.3 is 20.6 Å². The number of benzene rings is 1. The molecule has 126 valence electrons. The van der Waals surface area contributed by atoms with Gasteiger partial charge in [0.1, 0.15) is 0 Å². The van der Waals surface area contributed by atoms with Crippen LogP contribution in [0.3, 0.4) is 0 Å². The Balaban J connectivity index is 0.00000220. The summed E-state index contributed by atoms with van der Waals surface area (Å²) in [5.41, 5.74) is 0.657. The summed E-state index contributed by atoms with van der Waals surface area (Å²) < 4.78 is 0. The number of phenolic OH excluding ortho intramolecular Hbond substituents is 3. The summed E-state index contributed by atoms with van der Waals surface area (Å²) in [7, 11) is 0. The first-order chi connectivity index (χ1) is 9.65. The quantitative estimate of drug-likeness (QED) is 0.485. The van der Waals surface area contributed by atoms with Crippen LogP contribution in [0.1, 0.15) is 24.4 Å². The van der Waals surface area contributed by atoms with E-state index in [4.69, 9.17) is 0 Å². The van der Waals surface area contributed by atoms with Crippen molar-refractivity contribution in [2.24, 2.45) is 0 Å². The third kappa shape index (κ3) is 4.68. The van der Waals surface area contributed by atoms with Gasteiger partial charge in [-0.15, -0.1) is 31.4 Å². The molecule has 0 aromatic heterocycles. The standard InChI is InChI=1S/C15H22N2O3.2ClH/c1-2-3-4-12(17-9-7-16-8-10-17)11-5-6-13(18)15(20)14(11)19;;/h2,5-6,12,16,18-20H,1,3-4,7-10H2;2*1H/t12-;;/m1../s1. The fraction of sp³-hybridized carbons (Fsp3) is 0.467. The summed E-state index contributed by atoms with van der Waals surface area (Å²) in [6.07, 6.45) is 3.50. The lowest BCUT2D eigenvalue weighted by Crippen LogP contribution is -2.45. The molecule has 1 fully saturated rings. The van der Waals surface area contributed by atoms with Gasteiger partial charge in [-0.3, -0.25) is 4.90 Å². The average molecular weight is 351 g/mol. The Morgan fingerprint density at radius 2 is 1.77 bits per heavy atom. The van der Waals surface area contributed by atoms with Crippen LogP contribution in [0.25, 0.3) is 0 Å². The van der Waals surface area contributed by atoms with Gasteiger partial charge in [-0.1, -0.05) is 6.08 Å². The van der Waals surface area contributed by atoms with Crippen LogP contribution in [0.15, 0.2) is 24.8 Å². The van der Waals surface area contributed by atoms with Crippen molar-refractivity contribution in [3.8, 4) is 17.2 Å². The predicted octanol–water partition coefficient (Wildman–Crippen LogP) is 2.56. The largest absolute Gasteiger partial charge is 0.504 e. The molecule has 1 aliphatic heterocycles. The number of nitrogens with zero attached hydrogens (tertiary/aromatic N) is 1. The molecule has 7 heteroatoms. The van der Waals surface area contributed by atoms with Crippen molar-refractivity contribution in [1.82, 2.24) is 10.2 Å². The zero-order valence-electron chi connectivity index (χ0n) is 12.4. The topological polar surface area (TPSA) is 76.0 Å². The first kappa shape index (κ1) is 20.9. The first-order valence-corrected chi connectivity index (χ1v) is 6.94. The molecule has 0 radical (unpaired) electrons. The van der Waals surface area contributed by atoms with Gasteiger partial charge >= 0.3 is 0 Å². The summed E-state index contributed by atoms with van der Waals surface area (Å²) in [5, 5.41) is 32.6. The Bertz CT molecular complexity index is 480. The monoisotopic (exact) mass is 350 g/mol. The Morgan fingerprint density at radius 1 is 1.14 bits per heavy atom. The van der Waals surface area contributed by atoms with Crippen molar-refractivity contribution in [2.45, 2.75) is 18.9 Å². The van der Waals surface area contributed by atoms with Gasteiger partial charge in [-0.2, -0.15) is 0 Å². The lowest BCUT2D eigenvalue weighted by Gasteiger charge is -2.35. The molecule has 0 unspecified atom stereocenters. The number of piperazine rings is 1. The number of rotatable bonds is 5. The second-order valence-corrected chi connectivity index (χ2v) is 5.04. The minimum atomic E-state index is -0.443. The highest BCUT2D eigenvalue weighted by Crippen LogP contribution is 2.42. The molecule has 1 saturated heterocycles. The highest BCUT2D eigenvalue weighted by molar-refractivity contribution is 5.85. The zero-order chi connectivity index (χ0) is 14.5. The van der Waals surface area contributed by atoms with E-state index >= 15 is 0 Å². The number of aromatic hydroxyl groups is 3. The van der Waals surface area contributed by atoms with Crippen LogP contribution in [0.5, 0.6) is 17.2 Å². The minimum absolute atomic E-state index is 0. The molecule has 0 aliphatic carbocycles. The van der Waals surface area contributed by atoms with E-state index in [1.165, 1.54) is 6.07 Å². The number of halogens is 2. The third-order valence-electron chi connectivity index (χ3n) is 3.76. The van der Waals surface area contributed by atoms with Gasteiger partial charge in [0.2, 0.25) is 5.75 Å². The maximum atomic E-state index is 10.1. The van der Waals surface area contributed by atoms with E-state index in [1.54, 1.807) is 6.07 Å². The van der Waals surface area contributed by atoms with Crippen molar-refractivity contribution in [3.05, 3.63) is 30.4 Å². The summed E-state index contributed by atoms with van der Waals surface area (Å²) in [4.78, 5) is 2.28. The maximum Gasteiger partial charge on any atom is 0.200 e. The molecule has 1 heterocycles. The molecule has 2 rings (SSSR count). The van der Waals surface area contributed by atoms with Crippen molar-refractivity contribution < 1.29 is 15.3 Å². The number of nitrogens with one attached hydrogen (secondary N) is 1. The summed E-state index contributed by atoms with van der Waals surface area (Å²) >= 11 is 0. The third-order valence-corrected chi connectivity index (χ3v) is 3.76. The molecule has 0 bridgehead atoms. The number of hydrogen-bond donors (Lipinski definition) is 4. The zero-order valence-corrected chi connectivity index (χ0v) is 14.0. The highest BCUT2D eigenvalue weighted by Gasteiger charge is 2.25. The van der Waals surface area contributed by atoms with Crippen molar-refractivity contribution >= 4 is 24.8 Å². The maximum absolute atomic E-state index is 10.1. The van der Waals surface area contributed by atoms with Crippen LogP contribution in [0.2, 0.25) is 0 Å². The SMILES string of the molecule is C=CCC[C@H](c1ccc(O)c(O)c1O)N1CCNCC1.Cl.Cl. The Hall–Kier alpha value is -1.14. The van der Waals surface area contributed by atoms with Crippen LogP contribution in [-0.2, 0) is 0 Å². The van der Waals surface area contributed by atoms with E-state index in [0.29, 0.717) is 5.56 Å². The number of hydrogen-bond acceptors (Lipinski definition) is 5. The van der Waals surface area contributed by atoms with Crippen LogP contribution < -0.4 is 5.32 Å². The van der Waals surface area contributed by atoms with Crippen LogP contribution in [0, 0.1) is 0 Å². The van der Waals surface area contributed by atoms with Crippen LogP contribution >= 0.6 is 24.8 Å². The minimum Gasteiger partial charge on any atom is -0.504 e. The van der Waals surface area contributed by atoms with E-state index < -0.39 is 5.75 Å².